The molecular weight excluding hydrogens is 152 g/mol. The second-order valence-corrected chi connectivity index (χ2v) is 2.99. The van der Waals surface area contributed by atoms with Gasteiger partial charge in [-0.25, -0.2) is 0 Å². The van der Waals surface area contributed by atoms with Crippen molar-refractivity contribution in [1.82, 2.24) is 0 Å². The molecule has 2 heteroatoms. The van der Waals surface area contributed by atoms with E-state index in [4.69, 9.17) is 5.11 Å². The number of hydrogen-bond donors (Lipinski definition) is 2. The Bertz CT molecular complexity index is 279. The highest BCUT2D eigenvalue weighted by atomic mass is 16.3. The molecule has 0 radical (unpaired) electrons. The summed E-state index contributed by atoms with van der Waals surface area (Å²) in [5, 5.41) is 18.3. The molecule has 1 aromatic carbocycles. The Labute approximate surface area is 72.5 Å². The van der Waals surface area contributed by atoms with Gasteiger partial charge in [0.1, 0.15) is 5.75 Å². The molecule has 0 unspecified atom stereocenters. The van der Waals surface area contributed by atoms with Gasteiger partial charge >= 0.3 is 0 Å². The first-order valence-electron chi connectivity index (χ1n) is 4.05. The minimum absolute atomic E-state index is 0.128. The lowest BCUT2D eigenvalue weighted by Crippen LogP contribution is -1.95. The Morgan fingerprint density at radius 1 is 1.25 bits per heavy atom. The minimum Gasteiger partial charge on any atom is -0.507 e. The Balaban J connectivity index is 3.08. The topological polar surface area (TPSA) is 40.5 Å². The van der Waals surface area contributed by atoms with Crippen molar-refractivity contribution in [2.75, 3.05) is 6.61 Å². The standard InChI is InChI=1S/C10H14O2/c1-7-3-4-9(5-6-11)8(2)10(7)12/h3-4,11-12H,5-6H2,1-2H3. The predicted octanol–water partition coefficient (Wildman–Crippen LogP) is 1.54. The molecule has 0 aliphatic carbocycles. The maximum absolute atomic E-state index is 9.53. The predicted molar refractivity (Wildman–Crippen MR) is 48.4 cm³/mol. The molecule has 12 heavy (non-hydrogen) atoms. The third kappa shape index (κ3) is 1.59. The summed E-state index contributed by atoms with van der Waals surface area (Å²) >= 11 is 0. The van der Waals surface area contributed by atoms with Crippen LogP contribution in [0.15, 0.2) is 12.1 Å². The molecule has 1 rings (SSSR count). The number of aliphatic hydroxyl groups excluding tert-OH is 1. The summed E-state index contributed by atoms with van der Waals surface area (Å²) in [6.45, 7) is 3.86. The number of hydrogen-bond acceptors (Lipinski definition) is 2. The molecule has 0 atom stereocenters. The van der Waals surface area contributed by atoms with Crippen molar-refractivity contribution in [3.63, 3.8) is 0 Å². The minimum atomic E-state index is 0.128. The SMILES string of the molecule is Cc1ccc(CCO)c(C)c1O. The third-order valence-electron chi connectivity index (χ3n) is 2.13. The van der Waals surface area contributed by atoms with Crippen molar-refractivity contribution < 1.29 is 10.2 Å². The number of phenolic OH excluding ortho intramolecular Hbond substituents is 1. The lowest BCUT2D eigenvalue weighted by molar-refractivity contribution is 0.299. The zero-order chi connectivity index (χ0) is 9.14. The highest BCUT2D eigenvalue weighted by Crippen LogP contribution is 2.24. The second kappa shape index (κ2) is 3.59. The molecule has 0 saturated carbocycles. The van der Waals surface area contributed by atoms with Gasteiger partial charge in [-0.05, 0) is 37.0 Å². The maximum atomic E-state index is 9.53. The van der Waals surface area contributed by atoms with Gasteiger partial charge in [0.25, 0.3) is 0 Å². The van der Waals surface area contributed by atoms with Crippen LogP contribution in [0, 0.1) is 13.8 Å². The molecule has 2 N–H and O–H groups in total. The summed E-state index contributed by atoms with van der Waals surface area (Å²) in [6.07, 6.45) is 0.611. The molecule has 0 aliphatic heterocycles. The van der Waals surface area contributed by atoms with Crippen LogP contribution in [0.25, 0.3) is 0 Å². The van der Waals surface area contributed by atoms with Crippen LogP contribution in [-0.4, -0.2) is 16.8 Å². The summed E-state index contributed by atoms with van der Waals surface area (Å²) in [6, 6.07) is 3.81. The van der Waals surface area contributed by atoms with Gasteiger partial charge in [-0.15, -0.1) is 0 Å². The summed E-state index contributed by atoms with van der Waals surface area (Å²) in [7, 11) is 0. The normalized spacial score (nSPS) is 10.2. The van der Waals surface area contributed by atoms with Crippen molar-refractivity contribution in [2.45, 2.75) is 20.3 Å². The van der Waals surface area contributed by atoms with E-state index < -0.39 is 0 Å². The van der Waals surface area contributed by atoms with Gasteiger partial charge in [-0.2, -0.15) is 0 Å². The summed E-state index contributed by atoms with van der Waals surface area (Å²) < 4.78 is 0. The van der Waals surface area contributed by atoms with Gasteiger partial charge in [0, 0.05) is 6.61 Å². The molecule has 1 aromatic rings. The van der Waals surface area contributed by atoms with E-state index in [9.17, 15) is 5.11 Å². The van der Waals surface area contributed by atoms with Gasteiger partial charge in [0.05, 0.1) is 0 Å². The average Bonchev–Trinajstić information content (AvgIpc) is 2.07. The van der Waals surface area contributed by atoms with Gasteiger partial charge in [-0.3, -0.25) is 0 Å². The fourth-order valence-corrected chi connectivity index (χ4v) is 1.27. The lowest BCUT2D eigenvalue weighted by atomic mass is 10.0. The van der Waals surface area contributed by atoms with Gasteiger partial charge in [0.2, 0.25) is 0 Å². The highest BCUT2D eigenvalue weighted by molar-refractivity contribution is 5.43. The molecule has 2 nitrogen and oxygen atoms in total. The van der Waals surface area contributed by atoms with E-state index in [0.717, 1.165) is 16.7 Å². The van der Waals surface area contributed by atoms with Crippen LogP contribution in [-0.2, 0) is 6.42 Å². The fourth-order valence-electron chi connectivity index (χ4n) is 1.27. The van der Waals surface area contributed by atoms with E-state index in [1.807, 2.05) is 26.0 Å². The van der Waals surface area contributed by atoms with Crippen molar-refractivity contribution in [3.8, 4) is 5.75 Å². The fraction of sp³-hybridized carbons (Fsp3) is 0.400. The second-order valence-electron chi connectivity index (χ2n) is 2.99. The maximum Gasteiger partial charge on any atom is 0.121 e. The van der Waals surface area contributed by atoms with E-state index in [0.29, 0.717) is 12.2 Å². The Morgan fingerprint density at radius 3 is 2.50 bits per heavy atom. The molecule has 0 spiro atoms. The number of rotatable bonds is 2. The largest absolute Gasteiger partial charge is 0.507 e. The zero-order valence-corrected chi connectivity index (χ0v) is 7.46. The average molecular weight is 166 g/mol. The molecule has 0 bridgehead atoms. The number of aliphatic hydroxyl groups is 1. The van der Waals surface area contributed by atoms with Crippen molar-refractivity contribution in [2.24, 2.45) is 0 Å². The quantitative estimate of drug-likeness (QED) is 0.699. The molecule has 0 fully saturated rings. The van der Waals surface area contributed by atoms with Crippen LogP contribution in [0.5, 0.6) is 5.75 Å². The van der Waals surface area contributed by atoms with E-state index in [1.165, 1.54) is 0 Å². The van der Waals surface area contributed by atoms with Crippen LogP contribution in [0.4, 0.5) is 0 Å². The van der Waals surface area contributed by atoms with Crippen molar-refractivity contribution in [3.05, 3.63) is 28.8 Å². The molecule has 66 valence electrons. The summed E-state index contributed by atoms with van der Waals surface area (Å²) in [5.74, 6) is 0.348. The molecule has 0 heterocycles. The number of aromatic hydroxyl groups is 1. The monoisotopic (exact) mass is 166 g/mol. The van der Waals surface area contributed by atoms with Crippen LogP contribution in [0.1, 0.15) is 16.7 Å². The van der Waals surface area contributed by atoms with Crippen LogP contribution in [0.2, 0.25) is 0 Å². The molecular formula is C10H14O2. The molecule has 0 aliphatic rings. The Hall–Kier alpha value is -1.02. The molecule has 0 saturated heterocycles. The van der Waals surface area contributed by atoms with Gasteiger partial charge in [0.15, 0.2) is 0 Å². The highest BCUT2D eigenvalue weighted by Gasteiger charge is 2.04. The Morgan fingerprint density at radius 2 is 1.92 bits per heavy atom. The zero-order valence-electron chi connectivity index (χ0n) is 7.46. The summed E-state index contributed by atoms with van der Waals surface area (Å²) in [4.78, 5) is 0. The van der Waals surface area contributed by atoms with Crippen LogP contribution < -0.4 is 0 Å². The van der Waals surface area contributed by atoms with Gasteiger partial charge < -0.3 is 10.2 Å². The van der Waals surface area contributed by atoms with Crippen LogP contribution >= 0.6 is 0 Å². The van der Waals surface area contributed by atoms with E-state index in [1.54, 1.807) is 0 Å². The van der Waals surface area contributed by atoms with E-state index >= 15 is 0 Å². The van der Waals surface area contributed by atoms with Crippen molar-refractivity contribution in [1.29, 1.82) is 0 Å². The summed E-state index contributed by atoms with van der Waals surface area (Å²) in [5.41, 5.74) is 2.78. The number of benzene rings is 1. The third-order valence-corrected chi connectivity index (χ3v) is 2.13. The molecule has 0 aromatic heterocycles. The van der Waals surface area contributed by atoms with Gasteiger partial charge in [-0.1, -0.05) is 12.1 Å². The number of aryl methyl sites for hydroxylation is 1. The number of phenols is 1. The first kappa shape index (κ1) is 9.07. The Kier molecular flexibility index (Phi) is 2.71. The smallest absolute Gasteiger partial charge is 0.121 e. The molecule has 0 amide bonds. The van der Waals surface area contributed by atoms with E-state index in [-0.39, 0.29) is 6.61 Å². The first-order valence-corrected chi connectivity index (χ1v) is 4.05. The first-order chi connectivity index (χ1) is 5.66. The van der Waals surface area contributed by atoms with Crippen molar-refractivity contribution >= 4 is 0 Å². The lowest BCUT2D eigenvalue weighted by Gasteiger charge is -2.07. The van der Waals surface area contributed by atoms with Crippen LogP contribution in [0.3, 0.4) is 0 Å². The van der Waals surface area contributed by atoms with E-state index in [2.05, 4.69) is 0 Å².